The van der Waals surface area contributed by atoms with E-state index in [1.807, 2.05) is 12.1 Å². The Bertz CT molecular complexity index is 1020. The van der Waals surface area contributed by atoms with E-state index >= 15 is 0 Å². The highest BCUT2D eigenvalue weighted by Crippen LogP contribution is 2.25. The molecule has 5 rings (SSSR count). The molecule has 3 aliphatic rings. The highest BCUT2D eigenvalue weighted by molar-refractivity contribution is 6.04. The van der Waals surface area contributed by atoms with Crippen molar-refractivity contribution in [2.24, 2.45) is 0 Å². The fraction of sp³-hybridized carbons (Fsp3) is 0.741. The van der Waals surface area contributed by atoms with E-state index < -0.39 is 13.0 Å². The first-order valence-corrected chi connectivity index (χ1v) is 14.2. The molecule has 5 heterocycles. The number of piperidine rings is 2. The zero-order valence-electron chi connectivity index (χ0n) is 21.9. The topological polar surface area (TPSA) is 69.5 Å². The number of aromatic nitrogens is 3. The molecule has 0 spiro atoms. The third kappa shape index (κ3) is 6.76. The van der Waals surface area contributed by atoms with E-state index in [0.717, 1.165) is 70.8 Å². The van der Waals surface area contributed by atoms with Gasteiger partial charge in [0.05, 0.1) is 5.39 Å². The molecule has 0 radical (unpaired) electrons. The molecule has 3 fully saturated rings. The zero-order valence-corrected chi connectivity index (χ0v) is 21.9. The maximum Gasteiger partial charge on any atom is 0.272 e. The normalized spacial score (nSPS) is 21.0. The van der Waals surface area contributed by atoms with E-state index in [2.05, 4.69) is 25.1 Å². The van der Waals surface area contributed by atoms with Gasteiger partial charge in [0.1, 0.15) is 12.4 Å². The summed E-state index contributed by atoms with van der Waals surface area (Å²) in [5.41, 5.74) is 0.554. The Morgan fingerprint density at radius 2 is 1.51 bits per heavy atom. The van der Waals surface area contributed by atoms with E-state index in [9.17, 15) is 13.6 Å². The second kappa shape index (κ2) is 12.5. The lowest BCUT2D eigenvalue weighted by molar-refractivity contribution is 0.0896. The fourth-order valence-corrected chi connectivity index (χ4v) is 5.96. The number of likely N-dealkylation sites (tertiary alicyclic amines) is 2. The van der Waals surface area contributed by atoms with Gasteiger partial charge in [-0.05, 0) is 63.7 Å². The van der Waals surface area contributed by atoms with Crippen molar-refractivity contribution < 1.29 is 13.6 Å². The van der Waals surface area contributed by atoms with Crippen LogP contribution in [0.2, 0.25) is 0 Å². The molecule has 3 saturated heterocycles. The third-order valence-corrected chi connectivity index (χ3v) is 8.14. The number of hydrogen-bond donors (Lipinski definition) is 1. The average Bonchev–Trinajstić information content (AvgIpc) is 3.06. The van der Waals surface area contributed by atoms with Crippen LogP contribution in [-0.2, 0) is 6.54 Å². The first-order valence-electron chi connectivity index (χ1n) is 14.2. The summed E-state index contributed by atoms with van der Waals surface area (Å²) >= 11 is 0. The second-order valence-electron chi connectivity index (χ2n) is 10.9. The number of hydrogen-bond acceptors (Lipinski definition) is 6. The van der Waals surface area contributed by atoms with Gasteiger partial charge < -0.3 is 20.0 Å². The lowest BCUT2D eigenvalue weighted by Gasteiger charge is -2.34. The monoisotopic (exact) mass is 517 g/mol. The van der Waals surface area contributed by atoms with Gasteiger partial charge in [-0.3, -0.25) is 4.79 Å². The summed E-state index contributed by atoms with van der Waals surface area (Å²) in [7, 11) is 0. The number of amides is 1. The Kier molecular flexibility index (Phi) is 8.86. The largest absolute Gasteiger partial charge is 0.357 e. The molecule has 0 bridgehead atoms. The molecular weight excluding hydrogens is 476 g/mol. The predicted molar refractivity (Wildman–Crippen MR) is 141 cm³/mol. The van der Waals surface area contributed by atoms with Crippen molar-refractivity contribution in [2.75, 3.05) is 57.3 Å². The Morgan fingerprint density at radius 1 is 0.892 bits per heavy atom. The van der Waals surface area contributed by atoms with Gasteiger partial charge >= 0.3 is 0 Å². The molecule has 0 unspecified atom stereocenters. The predicted octanol–water partition coefficient (Wildman–Crippen LogP) is 3.76. The molecule has 10 heteroatoms. The summed E-state index contributed by atoms with van der Waals surface area (Å²) in [6, 6.07) is 3.80. The number of rotatable bonds is 8. The van der Waals surface area contributed by atoms with Gasteiger partial charge in [0.15, 0.2) is 11.3 Å². The Balaban J connectivity index is 1.22. The standard InChI is InChI=1S/C27H41F2N7O/c28-23(29)20-36-26-22(8-9-24(31-26)35-14-6-1-2-7-15-35)25(32-36)27(37)30-21-10-16-34(17-11-21)19-18-33-12-4-3-5-13-33/h8-9,21,23H,1-7,10-20H2,(H,30,37). The molecule has 1 amide bonds. The number of alkyl halides is 2. The number of carbonyl (C=O) groups excluding carboxylic acids is 1. The van der Waals surface area contributed by atoms with Crippen LogP contribution in [0.1, 0.15) is 68.3 Å². The van der Waals surface area contributed by atoms with Crippen LogP contribution in [0.15, 0.2) is 12.1 Å². The number of pyridine rings is 1. The number of carbonyl (C=O) groups is 1. The van der Waals surface area contributed by atoms with Crippen molar-refractivity contribution in [2.45, 2.75) is 76.8 Å². The molecule has 0 aliphatic carbocycles. The maximum atomic E-state index is 13.4. The molecular formula is C27H41F2N7O. The van der Waals surface area contributed by atoms with Crippen LogP contribution in [0, 0.1) is 0 Å². The van der Waals surface area contributed by atoms with Crippen molar-refractivity contribution in [3.63, 3.8) is 0 Å². The molecule has 1 N–H and O–H groups in total. The number of anilines is 1. The van der Waals surface area contributed by atoms with Crippen LogP contribution in [0.5, 0.6) is 0 Å². The molecule has 0 saturated carbocycles. The minimum atomic E-state index is -2.57. The summed E-state index contributed by atoms with van der Waals surface area (Å²) in [5, 5.41) is 7.99. The minimum Gasteiger partial charge on any atom is -0.357 e. The maximum absolute atomic E-state index is 13.4. The quantitative estimate of drug-likeness (QED) is 0.575. The number of halogens is 2. The highest BCUT2D eigenvalue weighted by Gasteiger charge is 2.26. The second-order valence-corrected chi connectivity index (χ2v) is 10.9. The van der Waals surface area contributed by atoms with E-state index in [1.54, 1.807) is 0 Å². The third-order valence-electron chi connectivity index (χ3n) is 8.14. The van der Waals surface area contributed by atoms with Crippen molar-refractivity contribution >= 4 is 22.8 Å². The van der Waals surface area contributed by atoms with E-state index in [0.29, 0.717) is 11.0 Å². The molecule has 0 atom stereocenters. The molecule has 2 aromatic rings. The molecule has 2 aromatic heterocycles. The Labute approximate surface area is 218 Å². The zero-order chi connectivity index (χ0) is 25.6. The molecule has 8 nitrogen and oxygen atoms in total. The molecule has 3 aliphatic heterocycles. The van der Waals surface area contributed by atoms with Gasteiger partial charge in [0.25, 0.3) is 12.3 Å². The van der Waals surface area contributed by atoms with Gasteiger partial charge in [-0.1, -0.05) is 19.3 Å². The van der Waals surface area contributed by atoms with E-state index in [1.165, 1.54) is 49.9 Å². The van der Waals surface area contributed by atoms with Crippen LogP contribution < -0.4 is 10.2 Å². The van der Waals surface area contributed by atoms with Gasteiger partial charge in [-0.25, -0.2) is 18.4 Å². The van der Waals surface area contributed by atoms with Gasteiger partial charge in [0, 0.05) is 45.3 Å². The number of fused-ring (bicyclic) bond motifs is 1. The lowest BCUT2D eigenvalue weighted by Crippen LogP contribution is -2.47. The average molecular weight is 518 g/mol. The van der Waals surface area contributed by atoms with Crippen LogP contribution in [0.25, 0.3) is 11.0 Å². The van der Waals surface area contributed by atoms with Crippen molar-refractivity contribution in [1.82, 2.24) is 29.9 Å². The molecule has 204 valence electrons. The van der Waals surface area contributed by atoms with Gasteiger partial charge in [0.2, 0.25) is 0 Å². The van der Waals surface area contributed by atoms with Crippen LogP contribution >= 0.6 is 0 Å². The van der Waals surface area contributed by atoms with E-state index in [4.69, 9.17) is 4.98 Å². The van der Waals surface area contributed by atoms with Gasteiger partial charge in [-0.15, -0.1) is 0 Å². The number of nitrogens with one attached hydrogen (secondary N) is 1. The van der Waals surface area contributed by atoms with Gasteiger partial charge in [-0.2, -0.15) is 5.10 Å². The van der Waals surface area contributed by atoms with Crippen LogP contribution in [0.3, 0.4) is 0 Å². The Morgan fingerprint density at radius 3 is 2.19 bits per heavy atom. The molecule has 0 aromatic carbocycles. The van der Waals surface area contributed by atoms with Crippen molar-refractivity contribution in [3.8, 4) is 0 Å². The highest BCUT2D eigenvalue weighted by atomic mass is 19.3. The fourth-order valence-electron chi connectivity index (χ4n) is 5.96. The summed E-state index contributed by atoms with van der Waals surface area (Å²) in [6.45, 7) is 7.79. The lowest BCUT2D eigenvalue weighted by atomic mass is 10.0. The minimum absolute atomic E-state index is 0.0679. The van der Waals surface area contributed by atoms with E-state index in [-0.39, 0.29) is 17.6 Å². The van der Waals surface area contributed by atoms with Crippen molar-refractivity contribution in [1.29, 1.82) is 0 Å². The molecule has 37 heavy (non-hydrogen) atoms. The summed E-state index contributed by atoms with van der Waals surface area (Å²) in [6.07, 6.45) is 7.77. The first kappa shape index (κ1) is 26.3. The van der Waals surface area contributed by atoms with Crippen LogP contribution in [-0.4, -0.2) is 95.3 Å². The number of nitrogens with zero attached hydrogens (tertiary/aromatic N) is 6. The summed E-state index contributed by atoms with van der Waals surface area (Å²) in [5.74, 6) is 0.475. The SMILES string of the molecule is O=C(NC1CCN(CCN2CCCCC2)CC1)c1nn(CC(F)F)c2nc(N3CCCCCC3)ccc12. The van der Waals surface area contributed by atoms with Crippen LogP contribution in [0.4, 0.5) is 14.6 Å². The van der Waals surface area contributed by atoms with Crippen molar-refractivity contribution in [3.05, 3.63) is 17.8 Å². The Hall–Kier alpha value is -2.33. The summed E-state index contributed by atoms with van der Waals surface area (Å²) in [4.78, 5) is 25.2. The smallest absolute Gasteiger partial charge is 0.272 e. The first-order chi connectivity index (χ1) is 18.1. The summed E-state index contributed by atoms with van der Waals surface area (Å²) < 4.78 is 27.9.